The average molecular weight is 784 g/mol. The van der Waals surface area contributed by atoms with Crippen molar-refractivity contribution in [2.45, 2.75) is 76.8 Å². The highest BCUT2D eigenvalue weighted by Gasteiger charge is 2.59. The predicted molar refractivity (Wildman–Crippen MR) is 217 cm³/mol. The Kier molecular flexibility index (Phi) is 8.59. The van der Waals surface area contributed by atoms with Gasteiger partial charge in [-0.2, -0.15) is 0 Å². The molecule has 3 aromatic heterocycles. The summed E-state index contributed by atoms with van der Waals surface area (Å²) in [6, 6.07) is 21.6. The van der Waals surface area contributed by atoms with Crippen LogP contribution >= 0.6 is 0 Å². The van der Waals surface area contributed by atoms with Crippen molar-refractivity contribution in [1.82, 2.24) is 29.2 Å². The van der Waals surface area contributed by atoms with Gasteiger partial charge in [-0.1, -0.05) is 48.5 Å². The Labute approximate surface area is 334 Å². The molecule has 3 aromatic carbocycles. The highest BCUT2D eigenvalue weighted by Crippen LogP contribution is 2.56. The van der Waals surface area contributed by atoms with Gasteiger partial charge in [-0.3, -0.25) is 19.1 Å². The van der Waals surface area contributed by atoms with Crippen molar-refractivity contribution in [3.63, 3.8) is 0 Å². The van der Waals surface area contributed by atoms with Gasteiger partial charge in [0.05, 0.1) is 17.4 Å². The standard InChI is InChI=1S/C45H46FN7O5/c1-25-18-34(19-26(2)38(25)46)52-40(54)35-12-15-51(28(4)39(35)47-43(52)50-23-33(24-50)29-8-6-5-7-9-29)41(55)37-21-32-20-31(30-13-16-57-17-14-30)10-11-36(32)53(37)45(22-27(45)3)42-48-44(56)58-49-42/h5-11,18-21,27-28,30,33H,12-17,22-24H2,1-4H3,(H,48,49,56)/t27-,28-,45-/m0/s1. The van der Waals surface area contributed by atoms with Gasteiger partial charge in [0, 0.05) is 55.2 Å². The van der Waals surface area contributed by atoms with Crippen LogP contribution in [-0.4, -0.2) is 67.9 Å². The van der Waals surface area contributed by atoms with Crippen LogP contribution in [0.4, 0.5) is 10.3 Å². The number of hydrogen-bond donors (Lipinski definition) is 1. The minimum absolute atomic E-state index is 0.0581. The van der Waals surface area contributed by atoms with Crippen molar-refractivity contribution in [2.24, 2.45) is 5.92 Å². The molecule has 1 N–H and O–H groups in total. The lowest BCUT2D eigenvalue weighted by Gasteiger charge is -2.42. The van der Waals surface area contributed by atoms with Crippen molar-refractivity contribution in [3.8, 4) is 5.69 Å². The van der Waals surface area contributed by atoms with E-state index < -0.39 is 17.3 Å². The molecule has 3 aliphatic heterocycles. The molecule has 13 heteroatoms. The summed E-state index contributed by atoms with van der Waals surface area (Å²) in [6.45, 7) is 10.5. The van der Waals surface area contributed by atoms with Crippen LogP contribution in [0.5, 0.6) is 0 Å². The number of nitrogens with one attached hydrogen (secondary N) is 1. The molecule has 6 heterocycles. The predicted octanol–water partition coefficient (Wildman–Crippen LogP) is 6.66. The van der Waals surface area contributed by atoms with Crippen LogP contribution in [0.15, 0.2) is 80.8 Å². The number of amides is 1. The molecule has 58 heavy (non-hydrogen) atoms. The summed E-state index contributed by atoms with van der Waals surface area (Å²) in [5.74, 6) is 0.425. The normalized spacial score (nSPS) is 22.3. The van der Waals surface area contributed by atoms with Crippen LogP contribution in [0.2, 0.25) is 0 Å². The smallest absolute Gasteiger partial charge is 0.381 e. The Hall–Kier alpha value is -5.82. The number of hydrogen-bond acceptors (Lipinski definition) is 8. The fourth-order valence-electron chi connectivity index (χ4n) is 9.89. The fourth-order valence-corrected chi connectivity index (χ4v) is 9.89. The molecule has 1 amide bonds. The van der Waals surface area contributed by atoms with Crippen molar-refractivity contribution >= 4 is 22.8 Å². The number of anilines is 1. The first kappa shape index (κ1) is 36.5. The van der Waals surface area contributed by atoms with Crippen molar-refractivity contribution in [1.29, 1.82) is 0 Å². The zero-order chi connectivity index (χ0) is 40.0. The second kappa shape index (κ2) is 13.6. The average Bonchev–Trinajstić information content (AvgIpc) is 3.48. The van der Waals surface area contributed by atoms with Crippen LogP contribution in [0.3, 0.4) is 0 Å². The van der Waals surface area contributed by atoms with E-state index in [0.29, 0.717) is 83.9 Å². The number of aromatic amines is 1. The Morgan fingerprint density at radius 3 is 2.33 bits per heavy atom. The van der Waals surface area contributed by atoms with Gasteiger partial charge < -0.3 is 19.1 Å². The Balaban J connectivity index is 1.07. The zero-order valence-corrected chi connectivity index (χ0v) is 33.1. The van der Waals surface area contributed by atoms with E-state index in [1.807, 2.05) is 36.1 Å². The number of carbonyl (C=O) groups is 1. The first-order valence-electron chi connectivity index (χ1n) is 20.4. The maximum Gasteiger partial charge on any atom is 0.438 e. The molecule has 12 nitrogen and oxygen atoms in total. The van der Waals surface area contributed by atoms with Gasteiger partial charge in [0.15, 0.2) is 5.82 Å². The molecule has 0 radical (unpaired) electrons. The first-order chi connectivity index (χ1) is 28.0. The molecule has 1 aliphatic carbocycles. The minimum atomic E-state index is -0.784. The van der Waals surface area contributed by atoms with Gasteiger partial charge in [-0.15, -0.1) is 0 Å². The van der Waals surface area contributed by atoms with E-state index in [-0.39, 0.29) is 29.1 Å². The van der Waals surface area contributed by atoms with Crippen LogP contribution in [-0.2, 0) is 16.7 Å². The van der Waals surface area contributed by atoms with Gasteiger partial charge in [0.25, 0.3) is 11.5 Å². The van der Waals surface area contributed by atoms with E-state index in [2.05, 4.69) is 56.9 Å². The molecule has 1 saturated carbocycles. The Morgan fingerprint density at radius 2 is 1.66 bits per heavy atom. The first-order valence-corrected chi connectivity index (χ1v) is 20.4. The molecular weight excluding hydrogens is 738 g/mol. The van der Waals surface area contributed by atoms with E-state index in [0.717, 1.165) is 37.0 Å². The number of carbonyl (C=O) groups excluding carboxylic acids is 1. The Morgan fingerprint density at radius 1 is 0.931 bits per heavy atom. The third kappa shape index (κ3) is 5.68. The Bertz CT molecular complexity index is 2700. The highest BCUT2D eigenvalue weighted by atomic mass is 19.1. The molecule has 3 fully saturated rings. The lowest BCUT2D eigenvalue weighted by molar-refractivity contribution is 0.0658. The number of aryl methyl sites for hydroxylation is 2. The quantitative estimate of drug-likeness (QED) is 0.190. The fraction of sp³-hybridized carbons (Fsp3) is 0.400. The molecule has 0 spiro atoms. The number of H-pyrrole nitrogens is 1. The van der Waals surface area contributed by atoms with E-state index in [1.165, 1.54) is 11.1 Å². The third-order valence-electron chi connectivity index (χ3n) is 13.3. The second-order valence-corrected chi connectivity index (χ2v) is 16.8. The van der Waals surface area contributed by atoms with E-state index in [9.17, 15) is 14.0 Å². The lowest BCUT2D eigenvalue weighted by atomic mass is 9.91. The summed E-state index contributed by atoms with van der Waals surface area (Å²) in [7, 11) is 0. The van der Waals surface area contributed by atoms with Gasteiger partial charge in [0.2, 0.25) is 5.95 Å². The summed E-state index contributed by atoms with van der Waals surface area (Å²) in [6.07, 6.45) is 2.83. The van der Waals surface area contributed by atoms with Gasteiger partial charge in [-0.05, 0) is 111 Å². The van der Waals surface area contributed by atoms with Crippen LogP contribution < -0.4 is 16.2 Å². The summed E-state index contributed by atoms with van der Waals surface area (Å²) >= 11 is 0. The summed E-state index contributed by atoms with van der Waals surface area (Å²) in [4.78, 5) is 54.2. The van der Waals surface area contributed by atoms with Crippen LogP contribution in [0.1, 0.15) is 101 Å². The minimum Gasteiger partial charge on any atom is -0.381 e. The largest absolute Gasteiger partial charge is 0.438 e. The molecular formula is C45H46FN7O5. The SMILES string of the molecule is Cc1cc(-n2c(N3CC(c4ccccc4)C3)nc3c(c2=O)CCN(C(=O)c2cc4cc(C5CCOCC5)ccc4n2[C@@]2(c4noc(=O)[nH]4)C[C@@H]2C)[C@H]3C)cc(C)c1F. The van der Waals surface area contributed by atoms with E-state index in [4.69, 9.17) is 14.2 Å². The number of nitrogens with zero attached hydrogens (tertiary/aromatic N) is 6. The molecule has 4 aliphatic rings. The molecule has 298 valence electrons. The lowest BCUT2D eigenvalue weighted by Crippen LogP contribution is -2.50. The molecule has 6 aromatic rings. The van der Waals surface area contributed by atoms with Crippen molar-refractivity contribution < 1.29 is 18.4 Å². The number of rotatable bonds is 7. The molecule has 0 unspecified atom stereocenters. The van der Waals surface area contributed by atoms with Crippen LogP contribution in [0.25, 0.3) is 16.6 Å². The summed E-state index contributed by atoms with van der Waals surface area (Å²) in [5.41, 5.74) is 5.37. The molecule has 0 bridgehead atoms. The molecule has 10 rings (SSSR count). The third-order valence-corrected chi connectivity index (χ3v) is 13.3. The number of halogens is 1. The van der Waals surface area contributed by atoms with Crippen LogP contribution in [0, 0.1) is 25.6 Å². The van der Waals surface area contributed by atoms with Gasteiger partial charge in [0.1, 0.15) is 17.1 Å². The zero-order valence-electron chi connectivity index (χ0n) is 33.1. The number of ether oxygens (including phenoxy) is 1. The van der Waals surface area contributed by atoms with Crippen molar-refractivity contribution in [3.05, 3.63) is 138 Å². The van der Waals surface area contributed by atoms with Gasteiger partial charge in [-0.25, -0.2) is 18.7 Å². The van der Waals surface area contributed by atoms with Gasteiger partial charge >= 0.3 is 5.76 Å². The number of aromatic nitrogens is 5. The number of benzene rings is 3. The van der Waals surface area contributed by atoms with E-state index >= 15 is 4.79 Å². The highest BCUT2D eigenvalue weighted by molar-refractivity contribution is 6.00. The molecule has 3 atom stereocenters. The van der Waals surface area contributed by atoms with E-state index in [1.54, 1.807) is 30.5 Å². The maximum atomic E-state index is 15.2. The second-order valence-electron chi connectivity index (χ2n) is 16.8. The summed E-state index contributed by atoms with van der Waals surface area (Å²) in [5, 5.41) is 5.09. The monoisotopic (exact) mass is 783 g/mol. The molecule has 2 saturated heterocycles. The van der Waals surface area contributed by atoms with Crippen molar-refractivity contribution in [2.75, 3.05) is 37.7 Å². The maximum absolute atomic E-state index is 15.2. The number of fused-ring (bicyclic) bond motifs is 2. The topological polar surface area (TPSA) is 131 Å². The summed E-state index contributed by atoms with van der Waals surface area (Å²) < 4.78 is 29.3.